The first-order valence-corrected chi connectivity index (χ1v) is 4.61. The molecule has 0 fully saturated rings. The SMILES string of the molecule is COCC(CCl)c1ccc(F)cc1. The van der Waals surface area contributed by atoms with Gasteiger partial charge in [-0.2, -0.15) is 0 Å². The lowest BCUT2D eigenvalue weighted by Gasteiger charge is -2.12. The second-order valence-electron chi connectivity index (χ2n) is 2.86. The van der Waals surface area contributed by atoms with Crippen molar-refractivity contribution in [3.05, 3.63) is 35.6 Å². The zero-order valence-corrected chi connectivity index (χ0v) is 8.22. The Bertz CT molecular complexity index is 248. The van der Waals surface area contributed by atoms with Gasteiger partial charge in [-0.15, -0.1) is 11.6 Å². The van der Waals surface area contributed by atoms with Crippen molar-refractivity contribution in [1.82, 2.24) is 0 Å². The topological polar surface area (TPSA) is 9.23 Å². The molecule has 0 heterocycles. The molecule has 3 heteroatoms. The Hall–Kier alpha value is -0.600. The summed E-state index contributed by atoms with van der Waals surface area (Å²) in [5, 5.41) is 0. The van der Waals surface area contributed by atoms with Crippen LogP contribution in [0.4, 0.5) is 4.39 Å². The van der Waals surface area contributed by atoms with E-state index in [1.807, 2.05) is 0 Å². The lowest BCUT2D eigenvalue weighted by molar-refractivity contribution is 0.185. The third kappa shape index (κ3) is 2.98. The van der Waals surface area contributed by atoms with E-state index in [2.05, 4.69) is 0 Å². The van der Waals surface area contributed by atoms with E-state index in [1.165, 1.54) is 12.1 Å². The van der Waals surface area contributed by atoms with Gasteiger partial charge in [-0.25, -0.2) is 4.39 Å². The molecule has 1 aromatic carbocycles. The highest BCUT2D eigenvalue weighted by Gasteiger charge is 2.09. The molecule has 0 radical (unpaired) electrons. The van der Waals surface area contributed by atoms with Crippen molar-refractivity contribution in [2.45, 2.75) is 5.92 Å². The van der Waals surface area contributed by atoms with Gasteiger partial charge in [0, 0.05) is 18.9 Å². The molecule has 13 heavy (non-hydrogen) atoms. The number of hydrogen-bond donors (Lipinski definition) is 0. The van der Waals surface area contributed by atoms with E-state index in [0.717, 1.165) is 5.56 Å². The minimum absolute atomic E-state index is 0.146. The predicted molar refractivity (Wildman–Crippen MR) is 51.7 cm³/mol. The maximum absolute atomic E-state index is 12.6. The summed E-state index contributed by atoms with van der Waals surface area (Å²) >= 11 is 5.75. The van der Waals surface area contributed by atoms with Gasteiger partial charge in [-0.3, -0.25) is 0 Å². The molecule has 0 N–H and O–H groups in total. The third-order valence-corrected chi connectivity index (χ3v) is 2.27. The van der Waals surface area contributed by atoms with E-state index in [4.69, 9.17) is 16.3 Å². The molecule has 1 nitrogen and oxygen atoms in total. The first-order chi connectivity index (χ1) is 6.27. The molecule has 0 aliphatic carbocycles. The lowest BCUT2D eigenvalue weighted by Crippen LogP contribution is -2.07. The fourth-order valence-electron chi connectivity index (χ4n) is 1.17. The molecule has 0 amide bonds. The van der Waals surface area contributed by atoms with Crippen molar-refractivity contribution in [3.8, 4) is 0 Å². The van der Waals surface area contributed by atoms with E-state index in [-0.39, 0.29) is 11.7 Å². The maximum atomic E-state index is 12.6. The summed E-state index contributed by atoms with van der Waals surface area (Å²) in [6.07, 6.45) is 0. The van der Waals surface area contributed by atoms with Gasteiger partial charge >= 0.3 is 0 Å². The van der Waals surface area contributed by atoms with Gasteiger partial charge in [0.2, 0.25) is 0 Å². The summed E-state index contributed by atoms with van der Waals surface area (Å²) in [5.74, 6) is 0.404. The zero-order valence-electron chi connectivity index (χ0n) is 7.47. The first kappa shape index (κ1) is 10.5. The van der Waals surface area contributed by atoms with Gasteiger partial charge in [0.05, 0.1) is 6.61 Å². The van der Waals surface area contributed by atoms with Crippen molar-refractivity contribution in [3.63, 3.8) is 0 Å². The first-order valence-electron chi connectivity index (χ1n) is 4.08. The maximum Gasteiger partial charge on any atom is 0.123 e. The van der Waals surface area contributed by atoms with Gasteiger partial charge in [-0.1, -0.05) is 12.1 Å². The highest BCUT2D eigenvalue weighted by atomic mass is 35.5. The van der Waals surface area contributed by atoms with Crippen LogP contribution in [0.25, 0.3) is 0 Å². The lowest BCUT2D eigenvalue weighted by atomic mass is 10.0. The Morgan fingerprint density at radius 3 is 2.46 bits per heavy atom. The number of ether oxygens (including phenoxy) is 1. The number of rotatable bonds is 4. The quantitative estimate of drug-likeness (QED) is 0.683. The standard InChI is InChI=1S/C10H12ClFO/c1-13-7-9(6-11)8-2-4-10(12)5-3-8/h2-5,9H,6-7H2,1H3. The summed E-state index contributed by atoms with van der Waals surface area (Å²) in [7, 11) is 1.63. The monoisotopic (exact) mass is 202 g/mol. The Morgan fingerprint density at radius 2 is 2.00 bits per heavy atom. The van der Waals surface area contributed by atoms with Gasteiger partial charge in [-0.05, 0) is 17.7 Å². The minimum Gasteiger partial charge on any atom is -0.384 e. The second-order valence-corrected chi connectivity index (χ2v) is 3.17. The second kappa shape index (κ2) is 5.20. The average molecular weight is 203 g/mol. The van der Waals surface area contributed by atoms with Crippen LogP contribution in [-0.4, -0.2) is 19.6 Å². The van der Waals surface area contributed by atoms with Crippen LogP contribution >= 0.6 is 11.6 Å². The molecule has 1 unspecified atom stereocenters. The molecule has 0 spiro atoms. The number of benzene rings is 1. The summed E-state index contributed by atoms with van der Waals surface area (Å²) < 4.78 is 17.6. The summed E-state index contributed by atoms with van der Waals surface area (Å²) in [5.41, 5.74) is 1.01. The van der Waals surface area contributed by atoms with Crippen molar-refractivity contribution < 1.29 is 9.13 Å². The van der Waals surface area contributed by atoms with Gasteiger partial charge in [0.1, 0.15) is 5.82 Å². The normalized spacial score (nSPS) is 12.8. The summed E-state index contributed by atoms with van der Waals surface area (Å²) in [6, 6.07) is 6.35. The molecule has 0 aliphatic rings. The minimum atomic E-state index is -0.227. The van der Waals surface area contributed by atoms with Crippen LogP contribution in [0.5, 0.6) is 0 Å². The zero-order chi connectivity index (χ0) is 9.68. The third-order valence-electron chi connectivity index (χ3n) is 1.90. The van der Waals surface area contributed by atoms with E-state index in [9.17, 15) is 4.39 Å². The van der Waals surface area contributed by atoms with E-state index in [0.29, 0.717) is 12.5 Å². The predicted octanol–water partition coefficient (Wildman–Crippen LogP) is 2.79. The Morgan fingerprint density at radius 1 is 1.38 bits per heavy atom. The van der Waals surface area contributed by atoms with E-state index < -0.39 is 0 Å². The van der Waals surface area contributed by atoms with Gasteiger partial charge < -0.3 is 4.74 Å². The van der Waals surface area contributed by atoms with Crippen molar-refractivity contribution in [2.24, 2.45) is 0 Å². The molecule has 1 rings (SSSR count). The van der Waals surface area contributed by atoms with Crippen LogP contribution in [0, 0.1) is 5.82 Å². The van der Waals surface area contributed by atoms with Crippen LogP contribution in [0.15, 0.2) is 24.3 Å². The van der Waals surface area contributed by atoms with E-state index in [1.54, 1.807) is 19.2 Å². The number of halogens is 2. The smallest absolute Gasteiger partial charge is 0.123 e. The fraction of sp³-hybridized carbons (Fsp3) is 0.400. The molecule has 1 atom stereocenters. The van der Waals surface area contributed by atoms with Gasteiger partial charge in [0.15, 0.2) is 0 Å². The summed E-state index contributed by atoms with van der Waals surface area (Å²) in [6.45, 7) is 0.565. The molecule has 72 valence electrons. The van der Waals surface area contributed by atoms with Crippen LogP contribution < -0.4 is 0 Å². The number of methoxy groups -OCH3 is 1. The number of alkyl halides is 1. The van der Waals surface area contributed by atoms with Crippen molar-refractivity contribution in [2.75, 3.05) is 19.6 Å². The highest BCUT2D eigenvalue weighted by Crippen LogP contribution is 2.17. The molecule has 0 saturated carbocycles. The number of hydrogen-bond acceptors (Lipinski definition) is 1. The highest BCUT2D eigenvalue weighted by molar-refractivity contribution is 6.18. The van der Waals surface area contributed by atoms with E-state index >= 15 is 0 Å². The van der Waals surface area contributed by atoms with Crippen LogP contribution in [0.3, 0.4) is 0 Å². The van der Waals surface area contributed by atoms with Crippen LogP contribution in [0.2, 0.25) is 0 Å². The molecule has 0 aromatic heterocycles. The molecule has 0 saturated heterocycles. The Balaban J connectivity index is 2.73. The largest absolute Gasteiger partial charge is 0.384 e. The molecule has 0 aliphatic heterocycles. The average Bonchev–Trinajstić information content (AvgIpc) is 2.16. The molecule has 1 aromatic rings. The van der Waals surface area contributed by atoms with Crippen molar-refractivity contribution >= 4 is 11.6 Å². The van der Waals surface area contributed by atoms with Crippen LogP contribution in [-0.2, 0) is 4.74 Å². The summed E-state index contributed by atoms with van der Waals surface area (Å²) in [4.78, 5) is 0. The molecular formula is C10H12ClFO. The molecular weight excluding hydrogens is 191 g/mol. The Kier molecular flexibility index (Phi) is 4.19. The van der Waals surface area contributed by atoms with Gasteiger partial charge in [0.25, 0.3) is 0 Å². The Labute approximate surface area is 82.5 Å². The van der Waals surface area contributed by atoms with Crippen molar-refractivity contribution in [1.29, 1.82) is 0 Å². The fourth-order valence-corrected chi connectivity index (χ4v) is 1.43. The van der Waals surface area contributed by atoms with Crippen LogP contribution in [0.1, 0.15) is 11.5 Å². The molecule has 0 bridgehead atoms.